The zero-order valence-corrected chi connectivity index (χ0v) is 10.4. The topological polar surface area (TPSA) is 15.3 Å². The monoisotopic (exact) mass is 262 g/mol. The van der Waals surface area contributed by atoms with Gasteiger partial charge in [0.05, 0.1) is 6.04 Å². The Morgan fingerprint density at radius 1 is 1.24 bits per heavy atom. The van der Waals surface area contributed by atoms with Crippen LogP contribution in [0.3, 0.4) is 0 Å². The van der Waals surface area contributed by atoms with Gasteiger partial charge in [0.1, 0.15) is 12.5 Å². The Morgan fingerprint density at radius 3 is 2.47 bits per heavy atom. The quantitative estimate of drug-likeness (QED) is 0.898. The number of benzene rings is 1. The zero-order valence-electron chi connectivity index (χ0n) is 9.53. The molecule has 0 saturated carbocycles. The molecule has 1 fully saturated rings. The van der Waals surface area contributed by atoms with E-state index in [0.717, 1.165) is 26.2 Å². The molecule has 2 rings (SSSR count). The van der Waals surface area contributed by atoms with Gasteiger partial charge in [-0.2, -0.15) is 0 Å². The molecule has 0 aliphatic carbocycles. The van der Waals surface area contributed by atoms with Crippen LogP contribution in [0.4, 0.5) is 8.78 Å². The van der Waals surface area contributed by atoms with Gasteiger partial charge in [-0.15, -0.1) is 12.4 Å². The van der Waals surface area contributed by atoms with E-state index >= 15 is 0 Å². The summed E-state index contributed by atoms with van der Waals surface area (Å²) in [5.74, 6) is -0.316. The Labute approximate surface area is 106 Å². The van der Waals surface area contributed by atoms with Crippen LogP contribution in [-0.2, 0) is 0 Å². The van der Waals surface area contributed by atoms with Crippen molar-refractivity contribution in [3.63, 3.8) is 0 Å². The van der Waals surface area contributed by atoms with E-state index in [2.05, 4.69) is 5.32 Å². The van der Waals surface area contributed by atoms with E-state index in [1.807, 2.05) is 4.90 Å². The van der Waals surface area contributed by atoms with Crippen LogP contribution in [0.5, 0.6) is 0 Å². The van der Waals surface area contributed by atoms with Gasteiger partial charge in [-0.05, 0) is 6.07 Å². The Morgan fingerprint density at radius 2 is 1.88 bits per heavy atom. The molecule has 96 valence electrons. The predicted molar refractivity (Wildman–Crippen MR) is 66.8 cm³/mol. The van der Waals surface area contributed by atoms with Crippen LogP contribution in [0.25, 0.3) is 0 Å². The Balaban J connectivity index is 0.00000144. The highest BCUT2D eigenvalue weighted by molar-refractivity contribution is 5.85. The third-order valence-electron chi connectivity index (χ3n) is 3.00. The smallest absolute Gasteiger partial charge is 0.128 e. The summed E-state index contributed by atoms with van der Waals surface area (Å²) in [5.41, 5.74) is 0.465. The third-order valence-corrected chi connectivity index (χ3v) is 3.00. The molecular weight excluding hydrogens is 246 g/mol. The molecule has 5 heteroatoms. The lowest BCUT2D eigenvalue weighted by atomic mass is 10.1. The fourth-order valence-electron chi connectivity index (χ4n) is 2.12. The van der Waals surface area contributed by atoms with Crippen molar-refractivity contribution in [3.05, 3.63) is 35.6 Å². The maximum Gasteiger partial charge on any atom is 0.128 e. The summed E-state index contributed by atoms with van der Waals surface area (Å²) < 4.78 is 26.7. The van der Waals surface area contributed by atoms with Crippen molar-refractivity contribution in [3.8, 4) is 0 Å². The summed E-state index contributed by atoms with van der Waals surface area (Å²) in [6, 6.07) is 6.00. The van der Waals surface area contributed by atoms with E-state index in [0.29, 0.717) is 5.56 Å². The molecule has 2 nitrogen and oxygen atoms in total. The maximum absolute atomic E-state index is 13.6. The lowest BCUT2D eigenvalue weighted by Crippen LogP contribution is -2.45. The minimum atomic E-state index is -0.541. The van der Waals surface area contributed by atoms with Crippen molar-refractivity contribution in [2.45, 2.75) is 6.04 Å². The standard InChI is InChI=1S/C12H16F2N2.ClH/c13-9-12(16-7-5-15-6-8-16)10-3-1-2-4-11(10)14;/h1-4,12,15H,5-9H2;1H/t12-;/m1./s1. The Bertz CT molecular complexity index is 343. The molecule has 17 heavy (non-hydrogen) atoms. The van der Waals surface area contributed by atoms with Crippen LogP contribution in [0.1, 0.15) is 11.6 Å². The molecule has 1 aromatic rings. The molecule has 0 spiro atoms. The summed E-state index contributed by atoms with van der Waals surface area (Å²) in [4.78, 5) is 1.99. The summed E-state index contributed by atoms with van der Waals surface area (Å²) >= 11 is 0. The van der Waals surface area contributed by atoms with E-state index in [4.69, 9.17) is 0 Å². The fourth-order valence-corrected chi connectivity index (χ4v) is 2.12. The number of piperazine rings is 1. The fraction of sp³-hybridized carbons (Fsp3) is 0.500. The first-order valence-corrected chi connectivity index (χ1v) is 5.58. The number of rotatable bonds is 3. The van der Waals surface area contributed by atoms with Gasteiger partial charge in [-0.25, -0.2) is 8.78 Å². The molecule has 0 unspecified atom stereocenters. The molecule has 0 aromatic heterocycles. The number of hydrogen-bond donors (Lipinski definition) is 1. The Kier molecular flexibility index (Phi) is 5.82. The number of nitrogens with zero attached hydrogens (tertiary/aromatic N) is 1. The molecule has 1 atom stereocenters. The van der Waals surface area contributed by atoms with Crippen molar-refractivity contribution in [2.75, 3.05) is 32.9 Å². The first kappa shape index (κ1) is 14.4. The minimum Gasteiger partial charge on any atom is -0.314 e. The van der Waals surface area contributed by atoms with E-state index in [-0.39, 0.29) is 18.2 Å². The first-order chi connectivity index (χ1) is 7.83. The van der Waals surface area contributed by atoms with Crippen molar-refractivity contribution in [1.29, 1.82) is 0 Å². The Hall–Kier alpha value is -0.710. The number of halogens is 3. The molecule has 1 aromatic carbocycles. The average molecular weight is 263 g/mol. The lowest BCUT2D eigenvalue weighted by molar-refractivity contribution is 0.144. The second-order valence-electron chi connectivity index (χ2n) is 3.98. The second kappa shape index (κ2) is 6.89. The first-order valence-electron chi connectivity index (χ1n) is 5.58. The molecule has 0 amide bonds. The lowest BCUT2D eigenvalue weighted by Gasteiger charge is -2.33. The number of alkyl halides is 1. The molecule has 1 aliphatic rings. The summed E-state index contributed by atoms with van der Waals surface area (Å²) in [7, 11) is 0. The minimum absolute atomic E-state index is 0. The average Bonchev–Trinajstić information content (AvgIpc) is 2.34. The van der Waals surface area contributed by atoms with Crippen LogP contribution >= 0.6 is 12.4 Å². The molecule has 1 heterocycles. The van der Waals surface area contributed by atoms with Gasteiger partial charge in [0.2, 0.25) is 0 Å². The summed E-state index contributed by atoms with van der Waals surface area (Å²) in [5, 5.41) is 3.20. The predicted octanol–water partition coefficient (Wildman–Crippen LogP) is 2.16. The van der Waals surface area contributed by atoms with Gasteiger partial charge >= 0.3 is 0 Å². The highest BCUT2D eigenvalue weighted by Gasteiger charge is 2.23. The highest BCUT2D eigenvalue weighted by Crippen LogP contribution is 2.23. The highest BCUT2D eigenvalue weighted by atomic mass is 35.5. The molecule has 1 aliphatic heterocycles. The van der Waals surface area contributed by atoms with E-state index in [9.17, 15) is 8.78 Å². The largest absolute Gasteiger partial charge is 0.314 e. The van der Waals surface area contributed by atoms with E-state index in [1.165, 1.54) is 6.07 Å². The van der Waals surface area contributed by atoms with Crippen LogP contribution in [0.15, 0.2) is 24.3 Å². The maximum atomic E-state index is 13.6. The third kappa shape index (κ3) is 3.37. The van der Waals surface area contributed by atoms with Crippen LogP contribution < -0.4 is 5.32 Å². The van der Waals surface area contributed by atoms with Crippen molar-refractivity contribution >= 4 is 12.4 Å². The van der Waals surface area contributed by atoms with Gasteiger partial charge in [0.15, 0.2) is 0 Å². The van der Waals surface area contributed by atoms with Crippen molar-refractivity contribution in [2.24, 2.45) is 0 Å². The van der Waals surface area contributed by atoms with Gasteiger partial charge < -0.3 is 5.32 Å². The normalized spacial score (nSPS) is 18.5. The van der Waals surface area contributed by atoms with Gasteiger partial charge in [0.25, 0.3) is 0 Å². The summed E-state index contributed by atoms with van der Waals surface area (Å²) in [6.45, 7) is 2.67. The van der Waals surface area contributed by atoms with E-state index < -0.39 is 12.7 Å². The SMILES string of the molecule is Cl.FC[C@H](c1ccccc1F)N1CCNCC1. The molecule has 1 N–H and O–H groups in total. The number of nitrogens with one attached hydrogen (secondary N) is 1. The van der Waals surface area contributed by atoms with Crippen molar-refractivity contribution < 1.29 is 8.78 Å². The second-order valence-corrected chi connectivity index (χ2v) is 3.98. The molecule has 1 saturated heterocycles. The number of hydrogen-bond acceptors (Lipinski definition) is 2. The van der Waals surface area contributed by atoms with Crippen LogP contribution in [0.2, 0.25) is 0 Å². The van der Waals surface area contributed by atoms with Gasteiger partial charge in [-0.1, -0.05) is 18.2 Å². The molecule has 0 radical (unpaired) electrons. The molecule has 0 bridgehead atoms. The van der Waals surface area contributed by atoms with Crippen molar-refractivity contribution in [1.82, 2.24) is 10.2 Å². The van der Waals surface area contributed by atoms with Gasteiger partial charge in [-0.3, -0.25) is 4.90 Å². The van der Waals surface area contributed by atoms with Gasteiger partial charge in [0, 0.05) is 31.7 Å². The summed E-state index contributed by atoms with van der Waals surface area (Å²) in [6.07, 6.45) is 0. The zero-order chi connectivity index (χ0) is 11.4. The van der Waals surface area contributed by atoms with Crippen LogP contribution in [-0.4, -0.2) is 37.8 Å². The van der Waals surface area contributed by atoms with E-state index in [1.54, 1.807) is 18.2 Å². The van der Waals surface area contributed by atoms with Crippen LogP contribution in [0, 0.1) is 5.82 Å². The molecular formula is C12H17ClF2N2.